The number of benzene rings is 1. The van der Waals surface area contributed by atoms with Crippen LogP contribution in [0.15, 0.2) is 0 Å². The number of methoxy groups -OCH3 is 1. The SMILES string of the molecule is COC(C)(C)CCC(NN)c1c(F)c(F)c(F)c(F)c1F. The summed E-state index contributed by atoms with van der Waals surface area (Å²) in [4.78, 5) is 0. The van der Waals surface area contributed by atoms with Crippen molar-refractivity contribution >= 4 is 0 Å². The topological polar surface area (TPSA) is 47.3 Å². The molecule has 0 radical (unpaired) electrons. The average molecular weight is 312 g/mol. The summed E-state index contributed by atoms with van der Waals surface area (Å²) in [6, 6.07) is -1.23. The highest BCUT2D eigenvalue weighted by Crippen LogP contribution is 2.31. The van der Waals surface area contributed by atoms with Gasteiger partial charge in [-0.15, -0.1) is 0 Å². The van der Waals surface area contributed by atoms with Gasteiger partial charge in [0.15, 0.2) is 23.3 Å². The number of hydrogen-bond acceptors (Lipinski definition) is 3. The van der Waals surface area contributed by atoms with Gasteiger partial charge in [0.1, 0.15) is 0 Å². The summed E-state index contributed by atoms with van der Waals surface area (Å²) in [5.74, 6) is -4.75. The maximum atomic E-state index is 13.7. The van der Waals surface area contributed by atoms with E-state index in [1.165, 1.54) is 7.11 Å². The first kappa shape index (κ1) is 17.8. The summed E-state index contributed by atoms with van der Waals surface area (Å²) in [7, 11) is 1.45. The minimum Gasteiger partial charge on any atom is -0.379 e. The molecule has 3 N–H and O–H groups in total. The fourth-order valence-corrected chi connectivity index (χ4v) is 1.83. The van der Waals surface area contributed by atoms with Gasteiger partial charge in [0, 0.05) is 12.7 Å². The zero-order valence-electron chi connectivity index (χ0n) is 11.9. The summed E-state index contributed by atoms with van der Waals surface area (Å²) in [5, 5.41) is 0. The molecule has 1 aromatic carbocycles. The predicted octanol–water partition coefficient (Wildman–Crippen LogP) is 3.09. The summed E-state index contributed by atoms with van der Waals surface area (Å²) in [6.45, 7) is 3.44. The number of hydrazine groups is 1. The average Bonchev–Trinajstić information content (AvgIpc) is 2.46. The summed E-state index contributed by atoms with van der Waals surface area (Å²) >= 11 is 0. The molecular formula is C13H17F5N2O. The standard InChI is InChI=1S/C13H17F5N2O/c1-13(2,21-3)5-4-6(20-19)7-8(14)10(16)12(18)11(17)9(7)15/h6,20H,4-5,19H2,1-3H3. The molecule has 0 aromatic heterocycles. The Morgan fingerprint density at radius 3 is 1.81 bits per heavy atom. The minimum absolute atomic E-state index is 0.0235. The van der Waals surface area contributed by atoms with E-state index in [1.807, 2.05) is 0 Å². The highest BCUT2D eigenvalue weighted by Gasteiger charge is 2.31. The zero-order valence-corrected chi connectivity index (χ0v) is 11.9. The minimum atomic E-state index is -2.19. The van der Waals surface area contributed by atoms with Crippen LogP contribution in [-0.2, 0) is 4.74 Å². The highest BCUT2D eigenvalue weighted by atomic mass is 19.2. The molecule has 0 bridgehead atoms. The number of rotatable bonds is 6. The van der Waals surface area contributed by atoms with Crippen molar-refractivity contribution in [1.29, 1.82) is 0 Å². The van der Waals surface area contributed by atoms with Crippen molar-refractivity contribution < 1.29 is 26.7 Å². The lowest BCUT2D eigenvalue weighted by Crippen LogP contribution is -2.33. The van der Waals surface area contributed by atoms with E-state index in [1.54, 1.807) is 13.8 Å². The smallest absolute Gasteiger partial charge is 0.200 e. The van der Waals surface area contributed by atoms with Crippen molar-refractivity contribution in [2.75, 3.05) is 7.11 Å². The number of nitrogens with two attached hydrogens (primary N) is 1. The summed E-state index contributed by atoms with van der Waals surface area (Å²) < 4.78 is 71.9. The molecule has 0 amide bonds. The monoisotopic (exact) mass is 312 g/mol. The maximum absolute atomic E-state index is 13.7. The number of halogens is 5. The van der Waals surface area contributed by atoms with Gasteiger partial charge in [-0.2, -0.15) is 0 Å². The first-order valence-electron chi connectivity index (χ1n) is 6.19. The molecule has 0 spiro atoms. The molecule has 0 aliphatic carbocycles. The van der Waals surface area contributed by atoms with Crippen LogP contribution in [0.1, 0.15) is 38.3 Å². The maximum Gasteiger partial charge on any atom is 0.200 e. The second-order valence-corrected chi connectivity index (χ2v) is 5.21. The van der Waals surface area contributed by atoms with E-state index in [9.17, 15) is 22.0 Å². The van der Waals surface area contributed by atoms with Crippen LogP contribution in [0.2, 0.25) is 0 Å². The van der Waals surface area contributed by atoms with E-state index in [4.69, 9.17) is 10.6 Å². The van der Waals surface area contributed by atoms with Gasteiger partial charge in [-0.3, -0.25) is 11.3 Å². The van der Waals surface area contributed by atoms with Crippen molar-refractivity contribution in [3.63, 3.8) is 0 Å². The van der Waals surface area contributed by atoms with E-state index in [-0.39, 0.29) is 12.8 Å². The molecule has 1 rings (SSSR count). The summed E-state index contributed by atoms with van der Waals surface area (Å²) in [6.07, 6.45) is 0.313. The molecule has 1 atom stereocenters. The fourth-order valence-electron chi connectivity index (χ4n) is 1.83. The Bertz CT molecular complexity index is 493. The molecular weight excluding hydrogens is 295 g/mol. The fraction of sp³-hybridized carbons (Fsp3) is 0.538. The third kappa shape index (κ3) is 3.69. The normalized spacial score (nSPS) is 13.6. The van der Waals surface area contributed by atoms with E-state index in [2.05, 4.69) is 5.43 Å². The largest absolute Gasteiger partial charge is 0.379 e. The molecule has 0 heterocycles. The Kier molecular flexibility index (Phi) is 5.66. The van der Waals surface area contributed by atoms with Crippen molar-refractivity contribution in [2.45, 2.75) is 38.3 Å². The molecule has 8 heteroatoms. The van der Waals surface area contributed by atoms with Crippen LogP contribution >= 0.6 is 0 Å². The second-order valence-electron chi connectivity index (χ2n) is 5.21. The molecule has 0 aliphatic heterocycles. The van der Waals surface area contributed by atoms with Gasteiger partial charge >= 0.3 is 0 Å². The Balaban J connectivity index is 3.18. The van der Waals surface area contributed by atoms with Crippen molar-refractivity contribution in [2.24, 2.45) is 5.84 Å². The van der Waals surface area contributed by atoms with Gasteiger partial charge in [0.2, 0.25) is 5.82 Å². The first-order chi connectivity index (χ1) is 9.66. The Labute approximate surface area is 119 Å². The van der Waals surface area contributed by atoms with Crippen molar-refractivity contribution in [3.05, 3.63) is 34.6 Å². The van der Waals surface area contributed by atoms with Crippen LogP contribution in [0.5, 0.6) is 0 Å². The molecule has 0 fully saturated rings. The number of hydrogen-bond donors (Lipinski definition) is 2. The van der Waals surface area contributed by atoms with Crippen LogP contribution in [0.3, 0.4) is 0 Å². The lowest BCUT2D eigenvalue weighted by atomic mass is 9.94. The molecule has 3 nitrogen and oxygen atoms in total. The van der Waals surface area contributed by atoms with Crippen LogP contribution in [0.25, 0.3) is 0 Å². The number of ether oxygens (including phenoxy) is 1. The Morgan fingerprint density at radius 2 is 1.43 bits per heavy atom. The molecule has 1 unspecified atom stereocenters. The van der Waals surface area contributed by atoms with Gasteiger partial charge in [0.25, 0.3) is 0 Å². The van der Waals surface area contributed by atoms with E-state index >= 15 is 0 Å². The Hall–Kier alpha value is -1.25. The molecule has 1 aromatic rings. The van der Waals surface area contributed by atoms with Gasteiger partial charge in [-0.1, -0.05) is 0 Å². The van der Waals surface area contributed by atoms with Gasteiger partial charge in [0.05, 0.1) is 11.6 Å². The third-order valence-electron chi connectivity index (χ3n) is 3.38. The first-order valence-corrected chi connectivity index (χ1v) is 6.19. The molecule has 0 aliphatic rings. The van der Waals surface area contributed by atoms with Gasteiger partial charge in [-0.05, 0) is 26.7 Å². The van der Waals surface area contributed by atoms with Gasteiger partial charge in [-0.25, -0.2) is 22.0 Å². The van der Waals surface area contributed by atoms with E-state index < -0.39 is 46.3 Å². The molecule has 21 heavy (non-hydrogen) atoms. The second kappa shape index (κ2) is 6.67. The predicted molar refractivity (Wildman–Crippen MR) is 66.6 cm³/mol. The zero-order chi connectivity index (χ0) is 16.4. The van der Waals surface area contributed by atoms with Crippen molar-refractivity contribution in [3.8, 4) is 0 Å². The van der Waals surface area contributed by atoms with E-state index in [0.29, 0.717) is 0 Å². The number of nitrogens with one attached hydrogen (secondary N) is 1. The highest BCUT2D eigenvalue weighted by molar-refractivity contribution is 5.27. The van der Waals surface area contributed by atoms with Crippen LogP contribution in [0.4, 0.5) is 22.0 Å². The lowest BCUT2D eigenvalue weighted by molar-refractivity contribution is 0.0114. The van der Waals surface area contributed by atoms with Gasteiger partial charge < -0.3 is 4.74 Å². The van der Waals surface area contributed by atoms with Crippen LogP contribution in [0, 0.1) is 29.1 Å². The lowest BCUT2D eigenvalue weighted by Gasteiger charge is -2.26. The van der Waals surface area contributed by atoms with E-state index in [0.717, 1.165) is 0 Å². The van der Waals surface area contributed by atoms with Crippen LogP contribution < -0.4 is 11.3 Å². The quantitative estimate of drug-likeness (QED) is 0.279. The van der Waals surface area contributed by atoms with Crippen molar-refractivity contribution in [1.82, 2.24) is 5.43 Å². The molecule has 0 saturated carbocycles. The molecule has 0 saturated heterocycles. The third-order valence-corrected chi connectivity index (χ3v) is 3.38. The van der Waals surface area contributed by atoms with Crippen LogP contribution in [-0.4, -0.2) is 12.7 Å². The summed E-state index contributed by atoms with van der Waals surface area (Å²) in [5.41, 5.74) is 0.482. The molecule has 120 valence electrons. The Morgan fingerprint density at radius 1 is 1.00 bits per heavy atom.